The second-order valence-electron chi connectivity index (χ2n) is 4.70. The quantitative estimate of drug-likeness (QED) is 0.861. The molecule has 1 N–H and O–H groups in total. The van der Waals surface area contributed by atoms with E-state index in [2.05, 4.69) is 15.9 Å². The number of ether oxygens (including phenoxy) is 1. The summed E-state index contributed by atoms with van der Waals surface area (Å²) in [5.74, 6) is 0.720. The highest BCUT2D eigenvalue weighted by Gasteiger charge is 2.15. The average Bonchev–Trinajstić information content (AvgIpc) is 2.42. The number of hydrogen-bond donors (Lipinski definition) is 1. The molecule has 2 aromatic carbocycles. The Morgan fingerprint density at radius 1 is 1.25 bits per heavy atom. The van der Waals surface area contributed by atoms with Crippen molar-refractivity contribution in [3.8, 4) is 5.75 Å². The van der Waals surface area contributed by atoms with Crippen molar-refractivity contribution in [2.75, 3.05) is 7.11 Å². The van der Waals surface area contributed by atoms with E-state index in [1.54, 1.807) is 7.11 Å². The maximum Gasteiger partial charge on any atom is 0.119 e. The first-order valence-electron chi connectivity index (χ1n) is 6.28. The van der Waals surface area contributed by atoms with E-state index in [9.17, 15) is 5.11 Å². The molecule has 0 bridgehead atoms. The van der Waals surface area contributed by atoms with E-state index in [0.717, 1.165) is 26.9 Å². The van der Waals surface area contributed by atoms with Crippen LogP contribution in [0.15, 0.2) is 40.9 Å². The number of halogens is 2. The van der Waals surface area contributed by atoms with Gasteiger partial charge in [0, 0.05) is 15.9 Å². The Kier molecular flexibility index (Phi) is 5.08. The zero-order valence-corrected chi connectivity index (χ0v) is 13.7. The van der Waals surface area contributed by atoms with Crippen LogP contribution < -0.4 is 4.74 Å². The maximum atomic E-state index is 10.4. The first-order valence-corrected chi connectivity index (χ1v) is 7.45. The molecule has 1 atom stereocenters. The monoisotopic (exact) mass is 354 g/mol. The Bertz CT molecular complexity index is 613. The van der Waals surface area contributed by atoms with Crippen LogP contribution in [0.2, 0.25) is 5.02 Å². The van der Waals surface area contributed by atoms with E-state index in [0.29, 0.717) is 11.4 Å². The number of aryl methyl sites for hydroxylation is 1. The van der Waals surface area contributed by atoms with E-state index in [1.807, 2.05) is 43.3 Å². The van der Waals surface area contributed by atoms with Crippen molar-refractivity contribution >= 4 is 27.5 Å². The summed E-state index contributed by atoms with van der Waals surface area (Å²) in [4.78, 5) is 0. The Morgan fingerprint density at radius 3 is 2.65 bits per heavy atom. The van der Waals surface area contributed by atoms with Gasteiger partial charge >= 0.3 is 0 Å². The van der Waals surface area contributed by atoms with Gasteiger partial charge in [-0.2, -0.15) is 0 Å². The second-order valence-corrected chi connectivity index (χ2v) is 5.96. The molecule has 2 rings (SSSR count). The van der Waals surface area contributed by atoms with Crippen LogP contribution in [-0.2, 0) is 6.42 Å². The van der Waals surface area contributed by atoms with Gasteiger partial charge in [-0.05, 0) is 47.9 Å². The zero-order valence-electron chi connectivity index (χ0n) is 11.4. The lowest BCUT2D eigenvalue weighted by Crippen LogP contribution is -2.04. The van der Waals surface area contributed by atoms with Gasteiger partial charge in [-0.25, -0.2) is 0 Å². The summed E-state index contributed by atoms with van der Waals surface area (Å²) in [6.07, 6.45) is -0.176. The van der Waals surface area contributed by atoms with Gasteiger partial charge in [0.1, 0.15) is 5.75 Å². The standard InChI is InChI=1S/C16H16BrClO2/c1-10-3-4-11(15(18)7-10)8-16(19)13-9-12(20-2)5-6-14(13)17/h3-7,9,16,19H,8H2,1-2H3. The highest BCUT2D eigenvalue weighted by atomic mass is 79.9. The SMILES string of the molecule is COc1ccc(Br)c(C(O)Cc2ccc(C)cc2Cl)c1. The van der Waals surface area contributed by atoms with Crippen molar-refractivity contribution in [1.82, 2.24) is 0 Å². The van der Waals surface area contributed by atoms with Gasteiger partial charge < -0.3 is 9.84 Å². The average molecular weight is 356 g/mol. The number of hydrogen-bond acceptors (Lipinski definition) is 2. The van der Waals surface area contributed by atoms with E-state index < -0.39 is 6.10 Å². The van der Waals surface area contributed by atoms with Gasteiger partial charge in [-0.1, -0.05) is 39.7 Å². The maximum absolute atomic E-state index is 10.4. The third kappa shape index (κ3) is 3.54. The summed E-state index contributed by atoms with van der Waals surface area (Å²) in [6, 6.07) is 11.4. The number of rotatable bonds is 4. The van der Waals surface area contributed by atoms with Crippen LogP contribution in [0.25, 0.3) is 0 Å². The summed E-state index contributed by atoms with van der Waals surface area (Å²) in [6.45, 7) is 1.99. The molecule has 2 aromatic rings. The molecule has 106 valence electrons. The molecule has 0 radical (unpaired) electrons. The molecule has 0 fully saturated rings. The smallest absolute Gasteiger partial charge is 0.119 e. The van der Waals surface area contributed by atoms with E-state index in [-0.39, 0.29) is 0 Å². The third-order valence-electron chi connectivity index (χ3n) is 3.18. The second kappa shape index (κ2) is 6.61. The molecule has 0 saturated carbocycles. The molecule has 0 aromatic heterocycles. The van der Waals surface area contributed by atoms with Crippen molar-refractivity contribution < 1.29 is 9.84 Å². The van der Waals surface area contributed by atoms with Gasteiger partial charge in [0.05, 0.1) is 13.2 Å². The fourth-order valence-corrected chi connectivity index (χ4v) is 2.86. The normalized spacial score (nSPS) is 12.2. The first kappa shape index (κ1) is 15.4. The summed E-state index contributed by atoms with van der Waals surface area (Å²) >= 11 is 9.67. The number of methoxy groups -OCH3 is 1. The minimum Gasteiger partial charge on any atom is -0.497 e. The van der Waals surface area contributed by atoms with Crippen molar-refractivity contribution in [2.45, 2.75) is 19.4 Å². The lowest BCUT2D eigenvalue weighted by Gasteiger charge is -2.15. The van der Waals surface area contributed by atoms with Gasteiger partial charge in [0.2, 0.25) is 0 Å². The Balaban J connectivity index is 2.25. The predicted octanol–water partition coefficient (Wildman–Crippen LogP) is 4.70. The molecular weight excluding hydrogens is 340 g/mol. The van der Waals surface area contributed by atoms with E-state index in [4.69, 9.17) is 16.3 Å². The number of benzene rings is 2. The largest absolute Gasteiger partial charge is 0.497 e. The fourth-order valence-electron chi connectivity index (χ4n) is 2.04. The molecule has 0 aliphatic heterocycles. The van der Waals surface area contributed by atoms with Crippen molar-refractivity contribution in [3.63, 3.8) is 0 Å². The van der Waals surface area contributed by atoms with Gasteiger partial charge in [0.25, 0.3) is 0 Å². The molecule has 0 heterocycles. The van der Waals surface area contributed by atoms with Crippen LogP contribution in [0.1, 0.15) is 22.8 Å². The van der Waals surface area contributed by atoms with Crippen molar-refractivity contribution in [1.29, 1.82) is 0 Å². The van der Waals surface area contributed by atoms with E-state index >= 15 is 0 Å². The molecular formula is C16H16BrClO2. The molecule has 0 spiro atoms. The lowest BCUT2D eigenvalue weighted by molar-refractivity contribution is 0.177. The molecule has 2 nitrogen and oxygen atoms in total. The van der Waals surface area contributed by atoms with Crippen molar-refractivity contribution in [3.05, 3.63) is 62.6 Å². The van der Waals surface area contributed by atoms with E-state index in [1.165, 1.54) is 0 Å². The number of aliphatic hydroxyl groups excluding tert-OH is 1. The summed E-state index contributed by atoms with van der Waals surface area (Å²) in [7, 11) is 1.61. The van der Waals surface area contributed by atoms with Crippen LogP contribution in [0.4, 0.5) is 0 Å². The summed E-state index contributed by atoms with van der Waals surface area (Å²) in [5.41, 5.74) is 2.83. The zero-order chi connectivity index (χ0) is 14.7. The Labute approximate surface area is 132 Å². The van der Waals surface area contributed by atoms with Crippen molar-refractivity contribution in [2.24, 2.45) is 0 Å². The topological polar surface area (TPSA) is 29.5 Å². The third-order valence-corrected chi connectivity index (χ3v) is 4.26. The molecule has 1 unspecified atom stereocenters. The van der Waals surface area contributed by atoms with Crippen LogP contribution in [0, 0.1) is 6.92 Å². The Hall–Kier alpha value is -1.03. The van der Waals surface area contributed by atoms with Crippen LogP contribution in [0.3, 0.4) is 0 Å². The molecule has 4 heteroatoms. The van der Waals surface area contributed by atoms with Crippen LogP contribution in [-0.4, -0.2) is 12.2 Å². The van der Waals surface area contributed by atoms with Gasteiger partial charge in [-0.15, -0.1) is 0 Å². The fraction of sp³-hybridized carbons (Fsp3) is 0.250. The molecule has 0 aliphatic rings. The summed E-state index contributed by atoms with van der Waals surface area (Å²) in [5, 5.41) is 11.1. The van der Waals surface area contributed by atoms with Crippen LogP contribution in [0.5, 0.6) is 5.75 Å². The molecule has 0 saturated heterocycles. The number of aliphatic hydroxyl groups is 1. The molecule has 20 heavy (non-hydrogen) atoms. The first-order chi connectivity index (χ1) is 9.51. The minimum absolute atomic E-state index is 0.463. The highest BCUT2D eigenvalue weighted by Crippen LogP contribution is 2.31. The highest BCUT2D eigenvalue weighted by molar-refractivity contribution is 9.10. The van der Waals surface area contributed by atoms with Gasteiger partial charge in [-0.3, -0.25) is 0 Å². The summed E-state index contributed by atoms with van der Waals surface area (Å²) < 4.78 is 6.05. The lowest BCUT2D eigenvalue weighted by atomic mass is 10.0. The predicted molar refractivity (Wildman–Crippen MR) is 85.5 cm³/mol. The Morgan fingerprint density at radius 2 is 2.00 bits per heavy atom. The molecule has 0 aliphatic carbocycles. The minimum atomic E-state index is -0.639. The van der Waals surface area contributed by atoms with Crippen LogP contribution >= 0.6 is 27.5 Å². The van der Waals surface area contributed by atoms with Gasteiger partial charge in [0.15, 0.2) is 0 Å². The molecule has 0 amide bonds.